The van der Waals surface area contributed by atoms with E-state index in [-0.39, 0.29) is 0 Å². The van der Waals surface area contributed by atoms with Crippen LogP contribution in [0.15, 0.2) is 18.3 Å². The molecule has 114 valence electrons. The fraction of sp³-hybridized carbons (Fsp3) is 0.562. The maximum Gasteiger partial charge on any atom is 0.137 e. The highest BCUT2D eigenvalue weighted by Gasteiger charge is 2.22. The second kappa shape index (κ2) is 5.66. The number of hydrogen-bond donors (Lipinski definition) is 1. The van der Waals surface area contributed by atoms with Gasteiger partial charge in [-0.1, -0.05) is 0 Å². The van der Waals surface area contributed by atoms with Crippen LogP contribution in [0.4, 0.5) is 5.69 Å². The Bertz CT molecular complexity index is 625. The summed E-state index contributed by atoms with van der Waals surface area (Å²) in [5, 5.41) is 0. The predicted molar refractivity (Wildman–Crippen MR) is 86.3 cm³/mol. The summed E-state index contributed by atoms with van der Waals surface area (Å²) in [6.45, 7) is 5.38. The Kier molecular flexibility index (Phi) is 3.87. The van der Waals surface area contributed by atoms with E-state index in [4.69, 9.17) is 5.73 Å². The summed E-state index contributed by atoms with van der Waals surface area (Å²) in [6, 6.07) is 4.56. The quantitative estimate of drug-likeness (QED) is 0.934. The standard InChI is InChI=1S/C16H25N5/c1-12-15(21-10-13(17)4-5-16(21)18-12)11-20(3)14-6-8-19(2)9-7-14/h4-5,10,14H,6-9,11,17H2,1-3H3. The van der Waals surface area contributed by atoms with Gasteiger partial charge in [-0.2, -0.15) is 0 Å². The van der Waals surface area contributed by atoms with Gasteiger partial charge in [-0.15, -0.1) is 0 Å². The van der Waals surface area contributed by atoms with Crippen LogP contribution in [0.2, 0.25) is 0 Å². The Morgan fingerprint density at radius 3 is 2.76 bits per heavy atom. The first-order chi connectivity index (χ1) is 10.0. The topological polar surface area (TPSA) is 49.8 Å². The number of nitrogen functional groups attached to an aromatic ring is 1. The van der Waals surface area contributed by atoms with Crippen LogP contribution < -0.4 is 5.73 Å². The zero-order chi connectivity index (χ0) is 15.0. The first-order valence-corrected chi connectivity index (χ1v) is 7.66. The Hall–Kier alpha value is -1.59. The Balaban J connectivity index is 1.81. The average molecular weight is 287 g/mol. The number of anilines is 1. The lowest BCUT2D eigenvalue weighted by atomic mass is 10.0. The highest BCUT2D eigenvalue weighted by molar-refractivity contribution is 5.50. The summed E-state index contributed by atoms with van der Waals surface area (Å²) >= 11 is 0. The number of fused-ring (bicyclic) bond motifs is 1. The smallest absolute Gasteiger partial charge is 0.137 e. The molecule has 0 amide bonds. The van der Waals surface area contributed by atoms with Crippen molar-refractivity contribution in [2.75, 3.05) is 32.9 Å². The number of rotatable bonds is 3. The molecule has 2 aromatic rings. The molecule has 1 aliphatic heterocycles. The number of aromatic nitrogens is 2. The first-order valence-electron chi connectivity index (χ1n) is 7.66. The second-order valence-electron chi connectivity index (χ2n) is 6.28. The van der Waals surface area contributed by atoms with Gasteiger partial charge in [0.1, 0.15) is 5.65 Å². The fourth-order valence-electron chi connectivity index (χ4n) is 3.22. The van der Waals surface area contributed by atoms with Gasteiger partial charge in [0.05, 0.1) is 11.4 Å². The molecule has 0 atom stereocenters. The molecule has 21 heavy (non-hydrogen) atoms. The summed E-state index contributed by atoms with van der Waals surface area (Å²) in [7, 11) is 4.43. The molecule has 5 heteroatoms. The molecule has 0 saturated carbocycles. The summed E-state index contributed by atoms with van der Waals surface area (Å²) in [5.74, 6) is 0. The molecule has 0 spiro atoms. The minimum Gasteiger partial charge on any atom is -0.398 e. The minimum atomic E-state index is 0.659. The van der Waals surface area contributed by atoms with Gasteiger partial charge in [0.2, 0.25) is 0 Å². The third-order valence-corrected chi connectivity index (χ3v) is 4.65. The van der Waals surface area contributed by atoms with E-state index in [9.17, 15) is 0 Å². The lowest BCUT2D eigenvalue weighted by molar-refractivity contribution is 0.138. The maximum absolute atomic E-state index is 5.92. The minimum absolute atomic E-state index is 0.659. The van der Waals surface area contributed by atoms with E-state index in [0.717, 1.165) is 23.6 Å². The fourth-order valence-corrected chi connectivity index (χ4v) is 3.22. The molecule has 0 bridgehead atoms. The van der Waals surface area contributed by atoms with Crippen molar-refractivity contribution >= 4 is 11.3 Å². The Morgan fingerprint density at radius 2 is 2.05 bits per heavy atom. The van der Waals surface area contributed by atoms with E-state index in [1.54, 1.807) is 0 Å². The van der Waals surface area contributed by atoms with Crippen LogP contribution in [-0.4, -0.2) is 52.4 Å². The number of aryl methyl sites for hydroxylation is 1. The SMILES string of the molecule is Cc1nc2ccc(N)cn2c1CN(C)C1CCN(C)CC1. The molecule has 0 aromatic carbocycles. The van der Waals surface area contributed by atoms with Crippen LogP contribution in [-0.2, 0) is 6.54 Å². The van der Waals surface area contributed by atoms with Gasteiger partial charge in [0, 0.05) is 24.5 Å². The van der Waals surface area contributed by atoms with Gasteiger partial charge >= 0.3 is 0 Å². The number of piperidine rings is 1. The van der Waals surface area contributed by atoms with Crippen LogP contribution >= 0.6 is 0 Å². The van der Waals surface area contributed by atoms with Crippen molar-refractivity contribution in [2.45, 2.75) is 32.4 Å². The molecular formula is C16H25N5. The van der Waals surface area contributed by atoms with Crippen molar-refractivity contribution in [2.24, 2.45) is 0 Å². The number of imidazole rings is 1. The van der Waals surface area contributed by atoms with Gasteiger partial charge in [0.25, 0.3) is 0 Å². The zero-order valence-electron chi connectivity index (χ0n) is 13.2. The molecule has 3 rings (SSSR count). The van der Waals surface area contributed by atoms with Gasteiger partial charge in [-0.05, 0) is 59.1 Å². The van der Waals surface area contributed by atoms with Crippen molar-refractivity contribution in [1.82, 2.24) is 19.2 Å². The number of nitrogens with zero attached hydrogens (tertiary/aromatic N) is 4. The summed E-state index contributed by atoms with van der Waals surface area (Å²) in [6.07, 6.45) is 4.46. The number of pyridine rings is 1. The lowest BCUT2D eigenvalue weighted by Crippen LogP contribution is -2.41. The normalized spacial score (nSPS) is 17.9. The average Bonchev–Trinajstić information content (AvgIpc) is 2.76. The molecule has 1 aliphatic rings. The Morgan fingerprint density at radius 1 is 1.33 bits per heavy atom. The molecule has 0 radical (unpaired) electrons. The van der Waals surface area contributed by atoms with Crippen molar-refractivity contribution in [3.05, 3.63) is 29.7 Å². The molecule has 1 saturated heterocycles. The summed E-state index contributed by atoms with van der Waals surface area (Å²) < 4.78 is 2.14. The predicted octanol–water partition coefficient (Wildman–Crippen LogP) is 1.75. The molecular weight excluding hydrogens is 262 g/mol. The van der Waals surface area contributed by atoms with Crippen LogP contribution in [0.1, 0.15) is 24.2 Å². The largest absolute Gasteiger partial charge is 0.398 e. The molecule has 1 fully saturated rings. The number of hydrogen-bond acceptors (Lipinski definition) is 4. The van der Waals surface area contributed by atoms with E-state index in [1.165, 1.54) is 31.6 Å². The van der Waals surface area contributed by atoms with Gasteiger partial charge in [-0.25, -0.2) is 4.98 Å². The van der Waals surface area contributed by atoms with Crippen molar-refractivity contribution in [3.63, 3.8) is 0 Å². The van der Waals surface area contributed by atoms with E-state index in [0.29, 0.717) is 6.04 Å². The first kappa shape index (κ1) is 14.4. The van der Waals surface area contributed by atoms with Gasteiger partial charge < -0.3 is 15.0 Å². The molecule has 2 N–H and O–H groups in total. The molecule has 2 aromatic heterocycles. The molecule has 0 aliphatic carbocycles. The van der Waals surface area contributed by atoms with Crippen molar-refractivity contribution in [1.29, 1.82) is 0 Å². The highest BCUT2D eigenvalue weighted by Crippen LogP contribution is 2.20. The van der Waals surface area contributed by atoms with Gasteiger partial charge in [-0.3, -0.25) is 4.90 Å². The third kappa shape index (κ3) is 2.89. The zero-order valence-corrected chi connectivity index (χ0v) is 13.2. The maximum atomic E-state index is 5.92. The molecule has 5 nitrogen and oxygen atoms in total. The Labute approximate surface area is 126 Å². The van der Waals surface area contributed by atoms with Crippen LogP contribution in [0.25, 0.3) is 5.65 Å². The third-order valence-electron chi connectivity index (χ3n) is 4.65. The lowest BCUT2D eigenvalue weighted by Gasteiger charge is -2.35. The van der Waals surface area contributed by atoms with Gasteiger partial charge in [0.15, 0.2) is 0 Å². The summed E-state index contributed by atoms with van der Waals surface area (Å²) in [5.41, 5.74) is 10.0. The summed E-state index contributed by atoms with van der Waals surface area (Å²) in [4.78, 5) is 9.51. The van der Waals surface area contributed by atoms with E-state index < -0.39 is 0 Å². The van der Waals surface area contributed by atoms with E-state index >= 15 is 0 Å². The molecule has 0 unspecified atom stereocenters. The molecule has 3 heterocycles. The van der Waals surface area contributed by atoms with Crippen LogP contribution in [0.5, 0.6) is 0 Å². The van der Waals surface area contributed by atoms with Crippen LogP contribution in [0.3, 0.4) is 0 Å². The van der Waals surface area contributed by atoms with Crippen molar-refractivity contribution < 1.29 is 0 Å². The monoisotopic (exact) mass is 287 g/mol. The highest BCUT2D eigenvalue weighted by atomic mass is 15.2. The van der Waals surface area contributed by atoms with E-state index in [1.807, 2.05) is 18.3 Å². The second-order valence-corrected chi connectivity index (χ2v) is 6.28. The van der Waals surface area contributed by atoms with Crippen molar-refractivity contribution in [3.8, 4) is 0 Å². The van der Waals surface area contributed by atoms with Crippen LogP contribution in [0, 0.1) is 6.92 Å². The van der Waals surface area contributed by atoms with E-state index in [2.05, 4.69) is 40.2 Å². The number of nitrogens with two attached hydrogens (primary N) is 1. The number of likely N-dealkylation sites (tertiary alicyclic amines) is 1.